The molecule has 0 rings (SSSR count). The molecule has 12 heavy (non-hydrogen) atoms. The Kier molecular flexibility index (Phi) is 7.78. The van der Waals surface area contributed by atoms with Gasteiger partial charge in [0.2, 0.25) is 0 Å². The monoisotopic (exact) mass is 174 g/mol. The normalized spacial score (nSPS) is 9.00. The lowest BCUT2D eigenvalue weighted by Crippen LogP contribution is -2.20. The van der Waals surface area contributed by atoms with Crippen LogP contribution in [0.4, 0.5) is 0 Å². The summed E-state index contributed by atoms with van der Waals surface area (Å²) in [5.74, 6) is -0.313. The maximum absolute atomic E-state index is 10.8. The summed E-state index contributed by atoms with van der Waals surface area (Å²) in [5, 5.41) is 0. The smallest absolute Gasteiger partial charge is 0.333 e. The van der Waals surface area contributed by atoms with E-state index < -0.39 is 0 Å². The van der Waals surface area contributed by atoms with Gasteiger partial charge >= 0.3 is 5.97 Å². The zero-order valence-electron chi connectivity index (χ0n) is 7.83. The second-order valence-corrected chi connectivity index (χ2v) is 2.72. The molecule has 0 unspecified atom stereocenters. The molecule has 1 N–H and O–H groups in total. The number of nitrogens with zero attached hydrogens (tertiary/aromatic N) is 1. The van der Waals surface area contributed by atoms with E-state index in [0.29, 0.717) is 12.2 Å². The molecule has 4 nitrogen and oxygen atoms in total. The predicted octanol–water partition coefficient (Wildman–Crippen LogP) is 0.490. The Morgan fingerprint density at radius 1 is 1.50 bits per heavy atom. The summed E-state index contributed by atoms with van der Waals surface area (Å²) in [6.45, 7) is 6.28. The molecule has 0 saturated heterocycles. The molecule has 4 heteroatoms. The molecule has 1 radical (unpaired) electrons. The van der Waals surface area contributed by atoms with Crippen LogP contribution in [0.5, 0.6) is 0 Å². The summed E-state index contributed by atoms with van der Waals surface area (Å²) in [5.41, 5.74) is 0.448. The second-order valence-electron chi connectivity index (χ2n) is 2.72. The van der Waals surface area contributed by atoms with Crippen LogP contribution in [-0.4, -0.2) is 43.6 Å². The van der Waals surface area contributed by atoms with Gasteiger partial charge in [-0.15, -0.1) is 0 Å². The van der Waals surface area contributed by atoms with Crippen molar-refractivity contribution in [2.75, 3.05) is 27.2 Å². The molecule has 0 fully saturated rings. The first-order chi connectivity index (χ1) is 5.04. The summed E-state index contributed by atoms with van der Waals surface area (Å²) >= 11 is 0. The van der Waals surface area contributed by atoms with E-state index in [0.717, 1.165) is 6.54 Å². The lowest BCUT2D eigenvalue weighted by atomic mass is 10.4. The van der Waals surface area contributed by atoms with Gasteiger partial charge in [0, 0.05) is 12.1 Å². The molecule has 0 amide bonds. The van der Waals surface area contributed by atoms with E-state index in [9.17, 15) is 4.79 Å². The van der Waals surface area contributed by atoms with E-state index in [-0.39, 0.29) is 11.4 Å². The highest BCUT2D eigenvalue weighted by atomic mass is 16.5. The minimum atomic E-state index is -0.313. The average Bonchev–Trinajstić information content (AvgIpc) is 1.86. The number of carbonyl (C=O) groups is 1. The number of esters is 1. The first kappa shape index (κ1) is 13.7. The fourth-order valence-electron chi connectivity index (χ4n) is 0.444. The third-order valence-corrected chi connectivity index (χ3v) is 1.12. The summed E-state index contributed by atoms with van der Waals surface area (Å²) in [7, 11) is 3.85. The molecule has 0 spiro atoms. The Balaban J connectivity index is 0. The van der Waals surface area contributed by atoms with Crippen molar-refractivity contribution in [1.29, 1.82) is 0 Å². The number of hydrogen-bond donors (Lipinski definition) is 1. The Morgan fingerprint density at radius 2 is 2.00 bits per heavy atom. The van der Waals surface area contributed by atoms with Crippen molar-refractivity contribution in [1.82, 2.24) is 4.90 Å². The van der Waals surface area contributed by atoms with Gasteiger partial charge in [0.15, 0.2) is 0 Å². The maximum atomic E-state index is 10.8. The van der Waals surface area contributed by atoms with Gasteiger partial charge in [0.25, 0.3) is 0 Å². The molecule has 0 aromatic carbocycles. The van der Waals surface area contributed by atoms with Crippen LogP contribution in [0.3, 0.4) is 0 Å². The van der Waals surface area contributed by atoms with Gasteiger partial charge in [-0.05, 0) is 21.0 Å². The van der Waals surface area contributed by atoms with Gasteiger partial charge in [-0.25, -0.2) is 4.79 Å². The first-order valence-corrected chi connectivity index (χ1v) is 3.51. The van der Waals surface area contributed by atoms with Gasteiger partial charge in [-0.3, -0.25) is 5.48 Å². The van der Waals surface area contributed by atoms with Gasteiger partial charge in [0.05, 0.1) is 0 Å². The number of rotatable bonds is 4. The molecule has 0 aromatic rings. The first-order valence-electron chi connectivity index (χ1n) is 3.51. The van der Waals surface area contributed by atoms with Crippen molar-refractivity contribution >= 4 is 5.97 Å². The number of ether oxygens (including phenoxy) is 1. The summed E-state index contributed by atoms with van der Waals surface area (Å²) < 4.78 is 4.83. The summed E-state index contributed by atoms with van der Waals surface area (Å²) in [6, 6.07) is 0. The average molecular weight is 174 g/mol. The zero-order chi connectivity index (χ0) is 8.85. The zero-order valence-corrected chi connectivity index (χ0v) is 7.83. The molecule has 71 valence electrons. The molecule has 0 aliphatic carbocycles. The van der Waals surface area contributed by atoms with Crippen molar-refractivity contribution in [2.45, 2.75) is 6.92 Å². The van der Waals surface area contributed by atoms with Crippen LogP contribution in [0.2, 0.25) is 0 Å². The summed E-state index contributed by atoms with van der Waals surface area (Å²) in [4.78, 5) is 12.7. The molecule has 0 aliphatic heterocycles. The molecule has 0 heterocycles. The third kappa shape index (κ3) is 7.24. The Hall–Kier alpha value is -0.870. The van der Waals surface area contributed by atoms with Gasteiger partial charge < -0.3 is 9.64 Å². The highest BCUT2D eigenvalue weighted by Gasteiger charge is 2.01. The molecule has 0 aliphatic rings. The van der Waals surface area contributed by atoms with Crippen LogP contribution >= 0.6 is 0 Å². The van der Waals surface area contributed by atoms with Gasteiger partial charge in [0.1, 0.15) is 6.61 Å². The van der Waals surface area contributed by atoms with Gasteiger partial charge in [-0.2, -0.15) is 0 Å². The number of carbonyl (C=O) groups excluding carboxylic acids is 1. The predicted molar refractivity (Wildman–Crippen MR) is 46.3 cm³/mol. The van der Waals surface area contributed by atoms with Crippen LogP contribution in [0, 0.1) is 0 Å². The quantitative estimate of drug-likeness (QED) is 0.498. The van der Waals surface area contributed by atoms with Crippen LogP contribution in [0.1, 0.15) is 6.92 Å². The van der Waals surface area contributed by atoms with E-state index in [2.05, 4.69) is 6.58 Å². The van der Waals surface area contributed by atoms with Crippen LogP contribution in [0.25, 0.3) is 0 Å². The van der Waals surface area contributed by atoms with Crippen LogP contribution in [-0.2, 0) is 9.53 Å². The minimum absolute atomic E-state index is 0. The topological polar surface area (TPSA) is 59.5 Å². The SMILES string of the molecule is C=C(C)C(=O)OCCN(C)C.[OH]. The Bertz CT molecular complexity index is 154. The standard InChI is InChI=1S/C8H15NO2.HO/c1-7(2)8(10)11-6-5-9(3)4;/h1,5-6H2,2-4H3;1H. The third-order valence-electron chi connectivity index (χ3n) is 1.12. The van der Waals surface area contributed by atoms with Crippen molar-refractivity contribution in [3.63, 3.8) is 0 Å². The molecular formula is C8H16NO3. The molecular weight excluding hydrogens is 158 g/mol. The lowest BCUT2D eigenvalue weighted by Gasteiger charge is -2.09. The van der Waals surface area contributed by atoms with E-state index in [1.54, 1.807) is 6.92 Å². The minimum Gasteiger partial charge on any atom is -0.461 e. The van der Waals surface area contributed by atoms with Crippen molar-refractivity contribution < 1.29 is 15.0 Å². The van der Waals surface area contributed by atoms with Crippen molar-refractivity contribution in [2.24, 2.45) is 0 Å². The molecule has 0 bridgehead atoms. The van der Waals surface area contributed by atoms with Crippen molar-refractivity contribution in [3.05, 3.63) is 12.2 Å². The van der Waals surface area contributed by atoms with E-state index >= 15 is 0 Å². The number of likely N-dealkylation sites (N-methyl/N-ethyl adjacent to an activating group) is 1. The fraction of sp³-hybridized carbons (Fsp3) is 0.625. The second kappa shape index (κ2) is 6.82. The van der Waals surface area contributed by atoms with E-state index in [4.69, 9.17) is 4.74 Å². The van der Waals surface area contributed by atoms with E-state index in [1.165, 1.54) is 0 Å². The fourth-order valence-corrected chi connectivity index (χ4v) is 0.444. The molecule has 0 aromatic heterocycles. The largest absolute Gasteiger partial charge is 0.461 e. The van der Waals surface area contributed by atoms with Crippen LogP contribution in [0.15, 0.2) is 12.2 Å². The highest BCUT2D eigenvalue weighted by molar-refractivity contribution is 5.86. The Morgan fingerprint density at radius 3 is 2.33 bits per heavy atom. The maximum Gasteiger partial charge on any atom is 0.333 e. The Labute approximate surface area is 73.1 Å². The van der Waals surface area contributed by atoms with Gasteiger partial charge in [-0.1, -0.05) is 6.58 Å². The lowest BCUT2D eigenvalue weighted by molar-refractivity contribution is -0.139. The van der Waals surface area contributed by atoms with Crippen molar-refractivity contribution in [3.8, 4) is 0 Å². The molecule has 0 saturated carbocycles. The molecule has 0 atom stereocenters. The number of hydrogen-bond acceptors (Lipinski definition) is 3. The van der Waals surface area contributed by atoms with E-state index in [1.807, 2.05) is 19.0 Å². The highest BCUT2D eigenvalue weighted by Crippen LogP contribution is 1.91. The summed E-state index contributed by atoms with van der Waals surface area (Å²) in [6.07, 6.45) is 0. The van der Waals surface area contributed by atoms with Crippen LogP contribution < -0.4 is 0 Å².